The van der Waals surface area contributed by atoms with Gasteiger partial charge in [0.05, 0.1) is 28.5 Å². The molecular weight excluding hydrogens is 574 g/mol. The van der Waals surface area contributed by atoms with Gasteiger partial charge in [-0.3, -0.25) is 0 Å². The molecule has 0 amide bonds. The van der Waals surface area contributed by atoms with Gasteiger partial charge in [-0.2, -0.15) is 0 Å². The lowest BCUT2D eigenvalue weighted by molar-refractivity contribution is 0.669. The number of hydrogen-bond acceptors (Lipinski definition) is 4. The first-order chi connectivity index (χ1) is 23.3. The van der Waals surface area contributed by atoms with E-state index in [-0.39, 0.29) is 6.04 Å². The second kappa shape index (κ2) is 10.1. The van der Waals surface area contributed by atoms with Crippen LogP contribution < -0.4 is 5.32 Å². The molecule has 1 N–H and O–H groups in total. The highest BCUT2D eigenvalue weighted by atomic mass is 16.3. The number of anilines is 1. The predicted octanol–water partition coefficient (Wildman–Crippen LogP) is 11.3. The Morgan fingerprint density at radius 1 is 0.574 bits per heavy atom. The first kappa shape index (κ1) is 26.0. The van der Waals surface area contributed by atoms with Gasteiger partial charge in [0.25, 0.3) is 0 Å². The Hall–Kier alpha value is -6.26. The Labute approximate surface area is 270 Å². The van der Waals surface area contributed by atoms with Crippen LogP contribution in [0, 0.1) is 0 Å². The van der Waals surface area contributed by atoms with Crippen molar-refractivity contribution >= 4 is 66.3 Å². The summed E-state index contributed by atoms with van der Waals surface area (Å²) in [6, 6.07) is 48.8. The number of aromatic nitrogens is 2. The minimum Gasteiger partial charge on any atom is -0.454 e. The Bertz CT molecular complexity index is 2710. The zero-order valence-corrected chi connectivity index (χ0v) is 25.3. The van der Waals surface area contributed by atoms with Crippen molar-refractivity contribution in [1.29, 1.82) is 0 Å². The molecule has 9 aromatic rings. The summed E-state index contributed by atoms with van der Waals surface area (Å²) in [5.74, 6) is 0. The number of pyridine rings is 2. The third-order valence-electron chi connectivity index (χ3n) is 9.48. The molecule has 0 saturated carbocycles. The third-order valence-corrected chi connectivity index (χ3v) is 9.48. The number of rotatable bonds is 3. The van der Waals surface area contributed by atoms with E-state index in [1.54, 1.807) is 0 Å². The van der Waals surface area contributed by atoms with Gasteiger partial charge in [-0.15, -0.1) is 0 Å². The number of para-hydroxylation sites is 1. The lowest BCUT2D eigenvalue weighted by atomic mass is 9.97. The van der Waals surface area contributed by atoms with Crippen molar-refractivity contribution < 1.29 is 4.42 Å². The lowest BCUT2D eigenvalue weighted by Crippen LogP contribution is -2.12. The van der Waals surface area contributed by atoms with Gasteiger partial charge < -0.3 is 9.73 Å². The van der Waals surface area contributed by atoms with Gasteiger partial charge in [-0.05, 0) is 40.1 Å². The average Bonchev–Trinajstić information content (AvgIpc) is 3.54. The molecular formula is C43H27N3O. The van der Waals surface area contributed by atoms with E-state index in [1.807, 2.05) is 12.1 Å². The summed E-state index contributed by atoms with van der Waals surface area (Å²) in [5.41, 5.74) is 10.9. The van der Waals surface area contributed by atoms with E-state index in [0.717, 1.165) is 77.5 Å². The molecule has 4 heterocycles. The summed E-state index contributed by atoms with van der Waals surface area (Å²) in [4.78, 5) is 10.4. The Balaban J connectivity index is 1.09. The summed E-state index contributed by atoms with van der Waals surface area (Å²) in [6.07, 6.45) is 4.42. The fourth-order valence-electron chi connectivity index (χ4n) is 7.16. The van der Waals surface area contributed by atoms with Crippen molar-refractivity contribution in [2.75, 3.05) is 5.32 Å². The van der Waals surface area contributed by atoms with Gasteiger partial charge in [-0.1, -0.05) is 133 Å². The van der Waals surface area contributed by atoms with Crippen LogP contribution in [0.25, 0.3) is 83.1 Å². The van der Waals surface area contributed by atoms with E-state index in [9.17, 15) is 0 Å². The molecule has 1 atom stereocenters. The highest BCUT2D eigenvalue weighted by Gasteiger charge is 2.20. The van der Waals surface area contributed by atoms with Crippen molar-refractivity contribution in [3.8, 4) is 22.5 Å². The first-order valence-corrected chi connectivity index (χ1v) is 16.0. The topological polar surface area (TPSA) is 51.0 Å². The molecule has 6 aromatic carbocycles. The molecule has 3 aromatic heterocycles. The molecule has 1 unspecified atom stereocenters. The van der Waals surface area contributed by atoms with Crippen LogP contribution in [-0.4, -0.2) is 9.97 Å². The van der Waals surface area contributed by atoms with Gasteiger partial charge in [0.2, 0.25) is 0 Å². The standard InChI is InChI=1S/C43H27N3O/c1-2-9-27(10-3-1)34-23-21-29-18-19-30-22-24-35(45-41(30)40(29)44-34)28-14-16-31(17-15-28)42-43-39(33-12-6-7-13-37(33)47-43)38-32-11-5-4-8-26(32)20-25-36(38)46-42/h1-25,34,44H. The van der Waals surface area contributed by atoms with Crippen molar-refractivity contribution in [2.24, 2.45) is 0 Å². The summed E-state index contributed by atoms with van der Waals surface area (Å²) < 4.78 is 6.56. The molecule has 1 aliphatic rings. The minimum atomic E-state index is 0.0987. The number of furan rings is 1. The van der Waals surface area contributed by atoms with Crippen LogP contribution in [0.15, 0.2) is 150 Å². The van der Waals surface area contributed by atoms with Crippen LogP contribution >= 0.6 is 0 Å². The summed E-state index contributed by atoms with van der Waals surface area (Å²) in [5, 5.41) is 10.6. The molecule has 4 heteroatoms. The van der Waals surface area contributed by atoms with E-state index >= 15 is 0 Å². The maximum Gasteiger partial charge on any atom is 0.162 e. The largest absolute Gasteiger partial charge is 0.454 e. The second-order valence-corrected chi connectivity index (χ2v) is 12.2. The second-order valence-electron chi connectivity index (χ2n) is 12.2. The summed E-state index contributed by atoms with van der Waals surface area (Å²) in [7, 11) is 0. The zero-order chi connectivity index (χ0) is 30.9. The van der Waals surface area contributed by atoms with Gasteiger partial charge in [-0.25, -0.2) is 9.97 Å². The highest BCUT2D eigenvalue weighted by Crippen LogP contribution is 2.42. The predicted molar refractivity (Wildman–Crippen MR) is 195 cm³/mol. The number of benzene rings is 6. The maximum absolute atomic E-state index is 6.56. The fourth-order valence-corrected chi connectivity index (χ4v) is 7.16. The van der Waals surface area contributed by atoms with Crippen LogP contribution in [0.5, 0.6) is 0 Å². The van der Waals surface area contributed by atoms with E-state index < -0.39 is 0 Å². The lowest BCUT2D eigenvalue weighted by Gasteiger charge is -2.24. The molecule has 0 saturated heterocycles. The Morgan fingerprint density at radius 3 is 2.21 bits per heavy atom. The summed E-state index contributed by atoms with van der Waals surface area (Å²) >= 11 is 0. The van der Waals surface area contributed by atoms with Crippen molar-refractivity contribution in [2.45, 2.75) is 6.04 Å². The minimum absolute atomic E-state index is 0.0987. The molecule has 0 aliphatic carbocycles. The van der Waals surface area contributed by atoms with Crippen LogP contribution in [0.2, 0.25) is 0 Å². The normalized spacial score (nSPS) is 14.3. The van der Waals surface area contributed by atoms with Crippen LogP contribution in [0.4, 0.5) is 5.69 Å². The van der Waals surface area contributed by atoms with E-state index in [4.69, 9.17) is 14.4 Å². The van der Waals surface area contributed by atoms with Crippen LogP contribution in [0.3, 0.4) is 0 Å². The number of hydrogen-bond donors (Lipinski definition) is 1. The van der Waals surface area contributed by atoms with E-state index in [2.05, 4.69) is 145 Å². The van der Waals surface area contributed by atoms with E-state index in [0.29, 0.717) is 0 Å². The van der Waals surface area contributed by atoms with Crippen molar-refractivity contribution in [1.82, 2.24) is 9.97 Å². The van der Waals surface area contributed by atoms with E-state index in [1.165, 1.54) is 16.3 Å². The van der Waals surface area contributed by atoms with Gasteiger partial charge >= 0.3 is 0 Å². The first-order valence-electron chi connectivity index (χ1n) is 16.0. The molecule has 10 rings (SSSR count). The zero-order valence-electron chi connectivity index (χ0n) is 25.3. The molecule has 0 fully saturated rings. The quantitative estimate of drug-likeness (QED) is 0.205. The van der Waals surface area contributed by atoms with Gasteiger partial charge in [0.15, 0.2) is 5.58 Å². The molecule has 0 radical (unpaired) electrons. The molecule has 4 nitrogen and oxygen atoms in total. The summed E-state index contributed by atoms with van der Waals surface area (Å²) in [6.45, 7) is 0. The SMILES string of the molecule is C1=CC(c2ccccc2)Nc2c1ccc1ccc(-c3ccc(-c4nc5ccc6ccccc6c5c5c4oc4ccccc45)cc3)nc21. The molecule has 1 aliphatic heterocycles. The molecule has 47 heavy (non-hydrogen) atoms. The Kier molecular flexibility index (Phi) is 5.60. The number of fused-ring (bicyclic) bond motifs is 10. The molecule has 220 valence electrons. The van der Waals surface area contributed by atoms with Crippen LogP contribution in [0.1, 0.15) is 17.2 Å². The van der Waals surface area contributed by atoms with Crippen molar-refractivity contribution in [3.05, 3.63) is 157 Å². The number of nitrogens with zero attached hydrogens (tertiary/aromatic N) is 2. The highest BCUT2D eigenvalue weighted by molar-refractivity contribution is 6.27. The van der Waals surface area contributed by atoms with Gasteiger partial charge in [0, 0.05) is 32.7 Å². The smallest absolute Gasteiger partial charge is 0.162 e. The Morgan fingerprint density at radius 2 is 1.32 bits per heavy atom. The monoisotopic (exact) mass is 601 g/mol. The third kappa shape index (κ3) is 4.08. The maximum atomic E-state index is 6.56. The van der Waals surface area contributed by atoms with Crippen LogP contribution in [-0.2, 0) is 0 Å². The van der Waals surface area contributed by atoms with Gasteiger partial charge in [0.1, 0.15) is 11.3 Å². The number of nitrogens with one attached hydrogen (secondary N) is 1. The fraction of sp³-hybridized carbons (Fsp3) is 0.0233. The van der Waals surface area contributed by atoms with Crippen molar-refractivity contribution in [3.63, 3.8) is 0 Å². The average molecular weight is 602 g/mol. The molecule has 0 bridgehead atoms. The molecule has 0 spiro atoms.